The Morgan fingerprint density at radius 3 is 2.63 bits per heavy atom. The second kappa shape index (κ2) is 8.81. The predicted octanol–water partition coefficient (Wildman–Crippen LogP) is 2.66. The number of hydrogen-bond acceptors (Lipinski definition) is 6. The van der Waals surface area contributed by atoms with Gasteiger partial charge < -0.3 is 14.4 Å². The minimum Gasteiger partial charge on any atom is -0.467 e. The number of fused-ring (bicyclic) bond motifs is 1. The Labute approximate surface area is 175 Å². The number of nitro groups is 1. The zero-order valence-electron chi connectivity index (χ0n) is 17.0. The molecule has 0 unspecified atom stereocenters. The Bertz CT molecular complexity index is 954. The molecule has 4 rings (SSSR count). The molecule has 8 heteroatoms. The highest BCUT2D eigenvalue weighted by molar-refractivity contribution is 5.79. The van der Waals surface area contributed by atoms with E-state index in [1.165, 1.54) is 6.07 Å². The van der Waals surface area contributed by atoms with E-state index >= 15 is 0 Å². The molecule has 2 aliphatic rings. The number of ether oxygens (including phenoxy) is 2. The van der Waals surface area contributed by atoms with Crippen LogP contribution in [0.3, 0.4) is 0 Å². The first-order chi connectivity index (χ1) is 14.5. The quantitative estimate of drug-likeness (QED) is 0.556. The van der Waals surface area contributed by atoms with Crippen LogP contribution in [0.15, 0.2) is 36.4 Å². The van der Waals surface area contributed by atoms with Crippen LogP contribution in [0.5, 0.6) is 5.75 Å². The van der Waals surface area contributed by atoms with Gasteiger partial charge in [-0.15, -0.1) is 0 Å². The fourth-order valence-corrected chi connectivity index (χ4v) is 3.98. The highest BCUT2D eigenvalue weighted by atomic mass is 16.7. The summed E-state index contributed by atoms with van der Waals surface area (Å²) in [6, 6.07) is 11.1. The van der Waals surface area contributed by atoms with E-state index in [4.69, 9.17) is 9.47 Å². The van der Waals surface area contributed by atoms with Crippen molar-refractivity contribution in [3.05, 3.63) is 68.8 Å². The summed E-state index contributed by atoms with van der Waals surface area (Å²) in [6.45, 7) is 5.75. The topological polar surface area (TPSA) is 85.2 Å². The van der Waals surface area contributed by atoms with E-state index in [0.29, 0.717) is 57.1 Å². The van der Waals surface area contributed by atoms with Crippen molar-refractivity contribution in [2.75, 3.05) is 33.0 Å². The number of non-ortho nitro benzene ring substituents is 1. The van der Waals surface area contributed by atoms with Crippen molar-refractivity contribution in [2.24, 2.45) is 0 Å². The molecule has 2 aromatic rings. The summed E-state index contributed by atoms with van der Waals surface area (Å²) < 4.78 is 10.9. The third kappa shape index (κ3) is 4.44. The highest BCUT2D eigenvalue weighted by Crippen LogP contribution is 2.33. The molecule has 158 valence electrons. The number of carbonyl (C=O) groups is 1. The summed E-state index contributed by atoms with van der Waals surface area (Å²) in [7, 11) is 0. The van der Waals surface area contributed by atoms with Gasteiger partial charge in [-0.3, -0.25) is 19.8 Å². The van der Waals surface area contributed by atoms with E-state index in [0.717, 1.165) is 16.7 Å². The molecule has 8 nitrogen and oxygen atoms in total. The van der Waals surface area contributed by atoms with Gasteiger partial charge in [0.15, 0.2) is 6.79 Å². The van der Waals surface area contributed by atoms with Crippen molar-refractivity contribution >= 4 is 11.6 Å². The van der Waals surface area contributed by atoms with E-state index < -0.39 is 0 Å². The second-order valence-electron chi connectivity index (χ2n) is 7.72. The minimum atomic E-state index is -0.388. The van der Waals surface area contributed by atoms with Gasteiger partial charge in [-0.1, -0.05) is 24.3 Å². The molecule has 1 fully saturated rings. The van der Waals surface area contributed by atoms with Gasteiger partial charge in [-0.25, -0.2) is 0 Å². The van der Waals surface area contributed by atoms with Gasteiger partial charge in [0.1, 0.15) is 5.75 Å². The molecule has 0 aromatic heterocycles. The molecule has 1 saturated heterocycles. The first-order valence-electron chi connectivity index (χ1n) is 10.1. The van der Waals surface area contributed by atoms with Gasteiger partial charge in [-0.05, 0) is 18.1 Å². The zero-order chi connectivity index (χ0) is 21.1. The van der Waals surface area contributed by atoms with Crippen molar-refractivity contribution in [3.63, 3.8) is 0 Å². The van der Waals surface area contributed by atoms with Crippen LogP contribution in [0, 0.1) is 17.0 Å². The Morgan fingerprint density at radius 1 is 1.13 bits per heavy atom. The zero-order valence-corrected chi connectivity index (χ0v) is 17.0. The van der Waals surface area contributed by atoms with Crippen molar-refractivity contribution in [2.45, 2.75) is 26.5 Å². The van der Waals surface area contributed by atoms with Gasteiger partial charge in [0.25, 0.3) is 5.69 Å². The molecule has 30 heavy (non-hydrogen) atoms. The maximum atomic E-state index is 12.7. The van der Waals surface area contributed by atoms with Crippen molar-refractivity contribution in [3.8, 4) is 5.75 Å². The molecular weight excluding hydrogens is 386 g/mol. The third-order valence-corrected chi connectivity index (χ3v) is 5.70. The molecule has 0 N–H and O–H groups in total. The average Bonchev–Trinajstić information content (AvgIpc) is 2.75. The number of nitro benzene ring substituents is 1. The average molecular weight is 411 g/mol. The van der Waals surface area contributed by atoms with E-state index in [2.05, 4.69) is 4.90 Å². The van der Waals surface area contributed by atoms with E-state index in [1.807, 2.05) is 36.1 Å². The first-order valence-corrected chi connectivity index (χ1v) is 10.1. The lowest BCUT2D eigenvalue weighted by molar-refractivity contribution is -0.385. The van der Waals surface area contributed by atoms with Crippen LogP contribution in [-0.4, -0.2) is 53.6 Å². The van der Waals surface area contributed by atoms with Crippen LogP contribution in [0.4, 0.5) is 5.69 Å². The number of nitrogens with zero attached hydrogens (tertiary/aromatic N) is 3. The molecule has 2 aromatic carbocycles. The number of piperazine rings is 1. The van der Waals surface area contributed by atoms with Crippen LogP contribution in [0.2, 0.25) is 0 Å². The van der Waals surface area contributed by atoms with Gasteiger partial charge in [0.05, 0.1) is 18.0 Å². The lowest BCUT2D eigenvalue weighted by Gasteiger charge is -2.35. The van der Waals surface area contributed by atoms with Crippen LogP contribution in [0.1, 0.15) is 22.3 Å². The molecular formula is C22H25N3O5. The summed E-state index contributed by atoms with van der Waals surface area (Å²) >= 11 is 0. The van der Waals surface area contributed by atoms with Crippen molar-refractivity contribution in [1.29, 1.82) is 0 Å². The molecule has 0 aliphatic carbocycles. The molecule has 0 saturated carbocycles. The summed E-state index contributed by atoms with van der Waals surface area (Å²) in [5.41, 5.74) is 3.74. The summed E-state index contributed by atoms with van der Waals surface area (Å²) in [4.78, 5) is 27.7. The lowest BCUT2D eigenvalue weighted by Crippen LogP contribution is -2.48. The van der Waals surface area contributed by atoms with Gasteiger partial charge in [0, 0.05) is 56.0 Å². The number of hydrogen-bond donors (Lipinski definition) is 0. The maximum absolute atomic E-state index is 12.7. The molecule has 0 atom stereocenters. The van der Waals surface area contributed by atoms with E-state index in [1.54, 1.807) is 6.07 Å². The van der Waals surface area contributed by atoms with Gasteiger partial charge >= 0.3 is 0 Å². The van der Waals surface area contributed by atoms with Crippen LogP contribution in [-0.2, 0) is 29.1 Å². The second-order valence-corrected chi connectivity index (χ2v) is 7.72. The Kier molecular flexibility index (Phi) is 5.96. The molecule has 0 spiro atoms. The minimum absolute atomic E-state index is 0.0462. The number of aryl methyl sites for hydroxylation is 1. The summed E-state index contributed by atoms with van der Waals surface area (Å²) in [5.74, 6) is 0.821. The third-order valence-electron chi connectivity index (χ3n) is 5.70. The van der Waals surface area contributed by atoms with Crippen LogP contribution < -0.4 is 4.74 Å². The standard InChI is InChI=1S/C22H25N3O5/c1-16-4-2-3-5-17(16)12-21(26)24-8-6-23(7-9-24)13-18-10-20(25(27)28)11-19-14-29-15-30-22(18)19/h2-5,10-11H,6-9,12-15H2,1H3. The Balaban J connectivity index is 1.39. The SMILES string of the molecule is Cc1ccccc1CC(=O)N1CCN(Cc2cc([N+](=O)[O-])cc3c2OCOC3)CC1. The number of benzene rings is 2. The molecule has 2 aliphatic heterocycles. The Hall–Kier alpha value is -2.97. The van der Waals surface area contributed by atoms with Crippen molar-refractivity contribution < 1.29 is 19.2 Å². The summed E-state index contributed by atoms with van der Waals surface area (Å²) in [5, 5.41) is 11.3. The smallest absolute Gasteiger partial charge is 0.270 e. The largest absolute Gasteiger partial charge is 0.467 e. The number of rotatable bonds is 5. The van der Waals surface area contributed by atoms with Crippen LogP contribution >= 0.6 is 0 Å². The van der Waals surface area contributed by atoms with Gasteiger partial charge in [-0.2, -0.15) is 0 Å². The van der Waals surface area contributed by atoms with Gasteiger partial charge in [0.2, 0.25) is 5.91 Å². The fraction of sp³-hybridized carbons (Fsp3) is 0.409. The fourth-order valence-electron chi connectivity index (χ4n) is 3.98. The predicted molar refractivity (Wildman–Crippen MR) is 110 cm³/mol. The highest BCUT2D eigenvalue weighted by Gasteiger charge is 2.25. The number of carbonyl (C=O) groups excluding carboxylic acids is 1. The molecule has 0 bridgehead atoms. The van der Waals surface area contributed by atoms with E-state index in [-0.39, 0.29) is 23.3 Å². The first kappa shape index (κ1) is 20.3. The monoisotopic (exact) mass is 411 g/mol. The van der Waals surface area contributed by atoms with Crippen molar-refractivity contribution in [1.82, 2.24) is 9.80 Å². The van der Waals surface area contributed by atoms with E-state index in [9.17, 15) is 14.9 Å². The molecule has 2 heterocycles. The maximum Gasteiger partial charge on any atom is 0.270 e. The molecule has 0 radical (unpaired) electrons. The van der Waals surface area contributed by atoms with Crippen LogP contribution in [0.25, 0.3) is 0 Å². The Morgan fingerprint density at radius 2 is 1.90 bits per heavy atom. The normalized spacial score (nSPS) is 16.6. The number of amides is 1. The lowest BCUT2D eigenvalue weighted by atomic mass is 10.0. The summed E-state index contributed by atoms with van der Waals surface area (Å²) in [6.07, 6.45) is 0.416. The molecule has 1 amide bonds.